The van der Waals surface area contributed by atoms with Crippen LogP contribution in [-0.2, 0) is 14.3 Å². The second-order valence-corrected chi connectivity index (χ2v) is 5.40. The molecule has 0 spiro atoms. The summed E-state index contributed by atoms with van der Waals surface area (Å²) in [6, 6.07) is 10.4. The number of non-ortho nitro benzene ring substituents is 1. The Morgan fingerprint density at radius 1 is 1.11 bits per heavy atom. The minimum atomic E-state index is -0.711. The van der Waals surface area contributed by atoms with Crippen molar-refractivity contribution in [2.75, 3.05) is 26.1 Å². The fourth-order valence-corrected chi connectivity index (χ4v) is 2.16. The number of hydrogen-bond acceptors (Lipinski definition) is 7. The lowest BCUT2D eigenvalue weighted by Crippen LogP contribution is -2.20. The van der Waals surface area contributed by atoms with E-state index < -0.39 is 23.4 Å². The van der Waals surface area contributed by atoms with Crippen molar-refractivity contribution >= 4 is 29.3 Å². The third-order valence-electron chi connectivity index (χ3n) is 3.55. The highest BCUT2D eigenvalue weighted by Crippen LogP contribution is 2.25. The smallest absolute Gasteiger partial charge is 0.331 e. The third kappa shape index (κ3) is 5.84. The van der Waals surface area contributed by atoms with Crippen LogP contribution in [0, 0.1) is 10.1 Å². The summed E-state index contributed by atoms with van der Waals surface area (Å²) in [4.78, 5) is 33.6. The van der Waals surface area contributed by atoms with Crippen LogP contribution in [0.2, 0.25) is 0 Å². The van der Waals surface area contributed by atoms with E-state index in [0.717, 1.165) is 0 Å². The van der Waals surface area contributed by atoms with Gasteiger partial charge in [0.2, 0.25) is 0 Å². The van der Waals surface area contributed by atoms with Crippen LogP contribution in [-0.4, -0.2) is 37.6 Å². The minimum absolute atomic E-state index is 0.0940. The van der Waals surface area contributed by atoms with Gasteiger partial charge in [-0.25, -0.2) is 4.79 Å². The second-order valence-electron chi connectivity index (χ2n) is 5.40. The van der Waals surface area contributed by atoms with Gasteiger partial charge in [-0.3, -0.25) is 14.9 Å². The second kappa shape index (κ2) is 9.72. The van der Waals surface area contributed by atoms with Gasteiger partial charge in [-0.15, -0.1) is 0 Å². The Hall–Kier alpha value is -3.88. The predicted octanol–water partition coefficient (Wildman–Crippen LogP) is 2.81. The fraction of sp³-hybridized carbons (Fsp3) is 0.158. The first-order valence-corrected chi connectivity index (χ1v) is 8.04. The molecule has 0 aliphatic rings. The standard InChI is InChI=1S/C19H18N2O7/c1-26-16-9-3-13(17(11-16)27-2)4-10-19(23)28-12-18(22)20-14-5-7-15(8-6-14)21(24)25/h3-11H,12H2,1-2H3,(H,20,22)/b10-4+. The molecule has 0 aliphatic carbocycles. The van der Waals surface area contributed by atoms with Crippen LogP contribution in [0.5, 0.6) is 11.5 Å². The first kappa shape index (κ1) is 20.4. The molecule has 2 aromatic rings. The first-order chi connectivity index (χ1) is 13.4. The van der Waals surface area contributed by atoms with E-state index in [4.69, 9.17) is 14.2 Å². The number of rotatable bonds is 8. The lowest BCUT2D eigenvalue weighted by Gasteiger charge is -2.07. The number of nitrogens with one attached hydrogen (secondary N) is 1. The molecule has 9 nitrogen and oxygen atoms in total. The van der Waals surface area contributed by atoms with E-state index in [1.165, 1.54) is 50.6 Å². The summed E-state index contributed by atoms with van der Waals surface area (Å²) in [5.41, 5.74) is 0.893. The summed E-state index contributed by atoms with van der Waals surface area (Å²) in [6.07, 6.45) is 2.67. The highest BCUT2D eigenvalue weighted by molar-refractivity contribution is 5.94. The molecule has 146 valence electrons. The monoisotopic (exact) mass is 386 g/mol. The molecule has 2 rings (SSSR count). The van der Waals surface area contributed by atoms with Crippen molar-refractivity contribution in [1.29, 1.82) is 0 Å². The number of benzene rings is 2. The average Bonchev–Trinajstić information content (AvgIpc) is 2.70. The Labute approximate surface area is 160 Å². The zero-order chi connectivity index (χ0) is 20.5. The zero-order valence-corrected chi connectivity index (χ0v) is 15.2. The number of amides is 1. The Kier molecular flexibility index (Phi) is 7.09. The molecule has 1 amide bonds. The summed E-state index contributed by atoms with van der Waals surface area (Å²) in [5, 5.41) is 13.1. The Morgan fingerprint density at radius 3 is 2.43 bits per heavy atom. The number of hydrogen-bond donors (Lipinski definition) is 1. The lowest BCUT2D eigenvalue weighted by atomic mass is 10.2. The van der Waals surface area contributed by atoms with Gasteiger partial charge in [0, 0.05) is 35.5 Å². The van der Waals surface area contributed by atoms with E-state index in [1.807, 2.05) is 0 Å². The maximum Gasteiger partial charge on any atom is 0.331 e. The summed E-state index contributed by atoms with van der Waals surface area (Å²) < 4.78 is 15.2. The molecule has 0 radical (unpaired) electrons. The van der Waals surface area contributed by atoms with Gasteiger partial charge in [-0.05, 0) is 30.3 Å². The fourth-order valence-electron chi connectivity index (χ4n) is 2.16. The van der Waals surface area contributed by atoms with Crippen molar-refractivity contribution in [2.24, 2.45) is 0 Å². The molecule has 2 aromatic carbocycles. The molecule has 0 aromatic heterocycles. The SMILES string of the molecule is COc1ccc(/C=C/C(=O)OCC(=O)Nc2ccc([N+](=O)[O-])cc2)c(OC)c1. The number of anilines is 1. The van der Waals surface area contributed by atoms with E-state index >= 15 is 0 Å². The quantitative estimate of drug-likeness (QED) is 0.321. The van der Waals surface area contributed by atoms with E-state index in [9.17, 15) is 19.7 Å². The van der Waals surface area contributed by atoms with E-state index in [-0.39, 0.29) is 5.69 Å². The molecule has 9 heteroatoms. The molecular formula is C19H18N2O7. The molecule has 0 saturated heterocycles. The predicted molar refractivity (Wildman–Crippen MR) is 101 cm³/mol. The van der Waals surface area contributed by atoms with Crippen LogP contribution in [0.3, 0.4) is 0 Å². The van der Waals surface area contributed by atoms with Crippen molar-refractivity contribution in [1.82, 2.24) is 0 Å². The van der Waals surface area contributed by atoms with Crippen molar-refractivity contribution < 1.29 is 28.7 Å². The normalized spacial score (nSPS) is 10.4. The van der Waals surface area contributed by atoms with Crippen molar-refractivity contribution in [2.45, 2.75) is 0 Å². The van der Waals surface area contributed by atoms with Gasteiger partial charge in [-0.1, -0.05) is 0 Å². The van der Waals surface area contributed by atoms with Gasteiger partial charge in [0.25, 0.3) is 11.6 Å². The van der Waals surface area contributed by atoms with Gasteiger partial charge in [0.05, 0.1) is 19.1 Å². The molecule has 0 fully saturated rings. The topological polar surface area (TPSA) is 117 Å². The molecule has 0 saturated carbocycles. The Morgan fingerprint density at radius 2 is 1.82 bits per heavy atom. The van der Waals surface area contributed by atoms with Crippen LogP contribution < -0.4 is 14.8 Å². The lowest BCUT2D eigenvalue weighted by molar-refractivity contribution is -0.384. The van der Waals surface area contributed by atoms with Crippen LogP contribution in [0.25, 0.3) is 6.08 Å². The van der Waals surface area contributed by atoms with Crippen LogP contribution in [0.1, 0.15) is 5.56 Å². The first-order valence-electron chi connectivity index (χ1n) is 8.04. The zero-order valence-electron chi connectivity index (χ0n) is 15.2. The Balaban J connectivity index is 1.87. The molecular weight excluding hydrogens is 368 g/mol. The molecule has 1 N–H and O–H groups in total. The number of ether oxygens (including phenoxy) is 3. The molecule has 0 atom stereocenters. The van der Waals surface area contributed by atoms with Gasteiger partial charge in [0.1, 0.15) is 11.5 Å². The summed E-state index contributed by atoms with van der Waals surface area (Å²) in [7, 11) is 3.02. The minimum Gasteiger partial charge on any atom is -0.497 e. The maximum atomic E-state index is 11.8. The highest BCUT2D eigenvalue weighted by Gasteiger charge is 2.09. The maximum absolute atomic E-state index is 11.8. The largest absolute Gasteiger partial charge is 0.497 e. The van der Waals surface area contributed by atoms with Crippen LogP contribution >= 0.6 is 0 Å². The Bertz CT molecular complexity index is 892. The van der Waals surface area contributed by atoms with Gasteiger partial charge >= 0.3 is 5.97 Å². The summed E-state index contributed by atoms with van der Waals surface area (Å²) >= 11 is 0. The van der Waals surface area contributed by atoms with E-state index in [2.05, 4.69) is 5.32 Å². The molecule has 28 heavy (non-hydrogen) atoms. The van der Waals surface area contributed by atoms with Crippen LogP contribution in [0.4, 0.5) is 11.4 Å². The van der Waals surface area contributed by atoms with Crippen molar-refractivity contribution in [3.05, 3.63) is 64.2 Å². The third-order valence-corrected chi connectivity index (χ3v) is 3.55. The molecule has 0 heterocycles. The molecule has 0 unspecified atom stereocenters. The average molecular weight is 386 g/mol. The summed E-state index contributed by atoms with van der Waals surface area (Å²) in [6.45, 7) is -0.500. The number of carbonyl (C=O) groups excluding carboxylic acids is 2. The summed E-state index contributed by atoms with van der Waals surface area (Å²) in [5.74, 6) is -0.159. The van der Waals surface area contributed by atoms with E-state index in [1.54, 1.807) is 18.2 Å². The van der Waals surface area contributed by atoms with Gasteiger partial charge < -0.3 is 19.5 Å². The van der Waals surface area contributed by atoms with Gasteiger partial charge in [0.15, 0.2) is 6.61 Å². The van der Waals surface area contributed by atoms with Crippen molar-refractivity contribution in [3.63, 3.8) is 0 Å². The number of esters is 1. The van der Waals surface area contributed by atoms with Gasteiger partial charge in [-0.2, -0.15) is 0 Å². The number of nitro groups is 1. The number of nitrogens with zero attached hydrogens (tertiary/aromatic N) is 1. The van der Waals surface area contributed by atoms with Crippen molar-refractivity contribution in [3.8, 4) is 11.5 Å². The van der Waals surface area contributed by atoms with E-state index in [0.29, 0.717) is 22.7 Å². The highest BCUT2D eigenvalue weighted by atomic mass is 16.6. The molecule has 0 aliphatic heterocycles. The number of methoxy groups -OCH3 is 2. The number of carbonyl (C=O) groups is 2. The van der Waals surface area contributed by atoms with Crippen LogP contribution in [0.15, 0.2) is 48.5 Å². The molecule has 0 bridgehead atoms. The number of nitro benzene ring substituents is 1.